The largest absolute Gasteiger partial charge is 0.491 e. The molecule has 1 heterocycles. The third-order valence-electron chi connectivity index (χ3n) is 6.09. The summed E-state index contributed by atoms with van der Waals surface area (Å²) in [7, 11) is 5.77. The summed E-state index contributed by atoms with van der Waals surface area (Å²) in [6.45, 7) is 5.96. The summed E-state index contributed by atoms with van der Waals surface area (Å²) in [6, 6.07) is 15.1. The molecule has 0 bridgehead atoms. The van der Waals surface area contributed by atoms with Crippen LogP contribution in [0.1, 0.15) is 53.8 Å². The molecular formula is C27H37N3O3. The summed E-state index contributed by atoms with van der Waals surface area (Å²) in [6.07, 6.45) is 2.49. The van der Waals surface area contributed by atoms with E-state index in [0.29, 0.717) is 42.5 Å². The van der Waals surface area contributed by atoms with Gasteiger partial charge in [-0.2, -0.15) is 0 Å². The smallest absolute Gasteiger partial charge is 0.257 e. The number of para-hydroxylation sites is 1. The van der Waals surface area contributed by atoms with Gasteiger partial charge in [0, 0.05) is 45.5 Å². The molecule has 0 saturated heterocycles. The Morgan fingerprint density at radius 3 is 2.55 bits per heavy atom. The normalized spacial score (nSPS) is 17.6. The summed E-state index contributed by atoms with van der Waals surface area (Å²) >= 11 is 0. The lowest BCUT2D eigenvalue weighted by atomic mass is 10.0. The topological polar surface area (TPSA) is 53.1 Å². The van der Waals surface area contributed by atoms with Gasteiger partial charge in [0.25, 0.3) is 11.8 Å². The maximum Gasteiger partial charge on any atom is 0.257 e. The molecule has 6 nitrogen and oxygen atoms in total. The third kappa shape index (κ3) is 6.28. The van der Waals surface area contributed by atoms with Crippen molar-refractivity contribution in [2.45, 2.75) is 39.2 Å². The van der Waals surface area contributed by atoms with Crippen LogP contribution < -0.4 is 9.64 Å². The van der Waals surface area contributed by atoms with Crippen molar-refractivity contribution in [2.24, 2.45) is 5.92 Å². The minimum Gasteiger partial charge on any atom is -0.491 e. The second-order valence-corrected chi connectivity index (χ2v) is 9.47. The summed E-state index contributed by atoms with van der Waals surface area (Å²) in [5.41, 5.74) is 2.26. The average Bonchev–Trinajstić information content (AvgIpc) is 2.80. The van der Waals surface area contributed by atoms with Crippen molar-refractivity contribution >= 4 is 17.5 Å². The first kappa shape index (κ1) is 24.6. The van der Waals surface area contributed by atoms with E-state index >= 15 is 0 Å². The van der Waals surface area contributed by atoms with Gasteiger partial charge in [-0.05, 0) is 55.5 Å². The molecule has 2 aromatic rings. The number of hydrogen-bond donors (Lipinski definition) is 0. The number of anilines is 1. The fourth-order valence-electron chi connectivity index (χ4n) is 4.26. The number of amides is 2. The first-order valence-corrected chi connectivity index (χ1v) is 11.8. The fraction of sp³-hybridized carbons (Fsp3) is 0.481. The Labute approximate surface area is 198 Å². The van der Waals surface area contributed by atoms with Gasteiger partial charge in [-0.3, -0.25) is 9.59 Å². The van der Waals surface area contributed by atoms with E-state index in [1.807, 2.05) is 79.5 Å². The number of carbonyl (C=O) groups is 2. The quantitative estimate of drug-likeness (QED) is 0.684. The second kappa shape index (κ2) is 11.2. The first-order chi connectivity index (χ1) is 15.8. The second-order valence-electron chi connectivity index (χ2n) is 9.47. The van der Waals surface area contributed by atoms with Gasteiger partial charge in [0.2, 0.25) is 0 Å². The van der Waals surface area contributed by atoms with Gasteiger partial charge in [-0.15, -0.1) is 0 Å². The van der Waals surface area contributed by atoms with Crippen molar-refractivity contribution in [3.05, 3.63) is 59.7 Å². The SMILES string of the molecule is CC(C)C[C@H]1COc2ccccc2C(=O)N(C)CCCCN1C(=O)c1cccc(N(C)C)c1. The maximum atomic E-state index is 13.7. The van der Waals surface area contributed by atoms with Gasteiger partial charge in [-0.25, -0.2) is 0 Å². The summed E-state index contributed by atoms with van der Waals surface area (Å²) in [5, 5.41) is 0. The Kier molecular flexibility index (Phi) is 8.37. The zero-order valence-corrected chi connectivity index (χ0v) is 20.6. The van der Waals surface area contributed by atoms with E-state index in [9.17, 15) is 9.59 Å². The molecule has 0 radical (unpaired) electrons. The molecule has 0 spiro atoms. The molecule has 0 aliphatic carbocycles. The predicted octanol–water partition coefficient (Wildman–Crippen LogP) is 4.55. The summed E-state index contributed by atoms with van der Waals surface area (Å²) in [4.78, 5) is 32.4. The molecule has 178 valence electrons. The van der Waals surface area contributed by atoms with Crippen LogP contribution in [0, 0.1) is 5.92 Å². The molecule has 0 unspecified atom stereocenters. The Morgan fingerprint density at radius 1 is 1.09 bits per heavy atom. The van der Waals surface area contributed by atoms with Crippen LogP contribution in [0.2, 0.25) is 0 Å². The lowest BCUT2D eigenvalue weighted by Crippen LogP contribution is -2.45. The van der Waals surface area contributed by atoms with E-state index < -0.39 is 0 Å². The standard InChI is InChI=1S/C27H37N3O3/c1-20(2)17-23-19-33-25-14-7-6-13-24(25)27(32)29(5)15-8-9-16-30(23)26(31)21-11-10-12-22(18-21)28(3)4/h6-7,10-14,18,20,23H,8-9,15-17,19H2,1-5H3/t23-/m0/s1. The van der Waals surface area contributed by atoms with Gasteiger partial charge in [-0.1, -0.05) is 32.0 Å². The molecule has 1 atom stereocenters. The van der Waals surface area contributed by atoms with Crippen LogP contribution in [-0.2, 0) is 0 Å². The van der Waals surface area contributed by atoms with Gasteiger partial charge in [0.05, 0.1) is 11.6 Å². The maximum absolute atomic E-state index is 13.7. The number of ether oxygens (including phenoxy) is 1. The van der Waals surface area contributed by atoms with Crippen LogP contribution in [-0.4, -0.2) is 68.5 Å². The van der Waals surface area contributed by atoms with E-state index in [-0.39, 0.29) is 17.9 Å². The highest BCUT2D eigenvalue weighted by molar-refractivity contribution is 5.97. The zero-order valence-electron chi connectivity index (χ0n) is 20.6. The summed E-state index contributed by atoms with van der Waals surface area (Å²) in [5.74, 6) is 0.978. The lowest BCUT2D eigenvalue weighted by Gasteiger charge is -2.34. The van der Waals surface area contributed by atoms with Crippen LogP contribution in [0.25, 0.3) is 0 Å². The van der Waals surface area contributed by atoms with E-state index in [0.717, 1.165) is 24.9 Å². The molecule has 0 fully saturated rings. The molecule has 0 saturated carbocycles. The van der Waals surface area contributed by atoms with Crippen LogP contribution in [0.5, 0.6) is 5.75 Å². The monoisotopic (exact) mass is 451 g/mol. The molecule has 1 aliphatic rings. The van der Waals surface area contributed by atoms with Crippen LogP contribution in [0.3, 0.4) is 0 Å². The zero-order chi connectivity index (χ0) is 24.0. The summed E-state index contributed by atoms with van der Waals surface area (Å²) < 4.78 is 6.22. The Morgan fingerprint density at radius 2 is 1.82 bits per heavy atom. The van der Waals surface area contributed by atoms with E-state index in [2.05, 4.69) is 13.8 Å². The molecule has 0 N–H and O–H groups in total. The Bertz CT molecular complexity index is 957. The molecule has 0 aromatic heterocycles. The minimum absolute atomic E-state index is 0.0278. The highest BCUT2D eigenvalue weighted by atomic mass is 16.5. The third-order valence-corrected chi connectivity index (χ3v) is 6.09. The van der Waals surface area contributed by atoms with Crippen molar-refractivity contribution in [1.29, 1.82) is 0 Å². The van der Waals surface area contributed by atoms with Crippen molar-refractivity contribution in [1.82, 2.24) is 9.80 Å². The number of hydrogen-bond acceptors (Lipinski definition) is 4. The lowest BCUT2D eigenvalue weighted by molar-refractivity contribution is 0.0559. The minimum atomic E-state index is -0.0826. The first-order valence-electron chi connectivity index (χ1n) is 11.8. The molecule has 2 aromatic carbocycles. The van der Waals surface area contributed by atoms with Crippen LogP contribution in [0.15, 0.2) is 48.5 Å². The van der Waals surface area contributed by atoms with Crippen molar-refractivity contribution < 1.29 is 14.3 Å². The van der Waals surface area contributed by atoms with Crippen molar-refractivity contribution in [3.63, 3.8) is 0 Å². The number of carbonyl (C=O) groups excluding carboxylic acids is 2. The molecule has 33 heavy (non-hydrogen) atoms. The van der Waals surface area contributed by atoms with E-state index in [1.54, 1.807) is 4.90 Å². The average molecular weight is 452 g/mol. The number of fused-ring (bicyclic) bond motifs is 1. The van der Waals surface area contributed by atoms with Gasteiger partial charge in [0.15, 0.2) is 0 Å². The Balaban J connectivity index is 1.95. The molecule has 6 heteroatoms. The molecule has 2 amide bonds. The highest BCUT2D eigenvalue weighted by Gasteiger charge is 2.28. The fourth-order valence-corrected chi connectivity index (χ4v) is 4.26. The van der Waals surface area contributed by atoms with E-state index in [1.165, 1.54) is 0 Å². The van der Waals surface area contributed by atoms with Gasteiger partial charge in [0.1, 0.15) is 12.4 Å². The number of benzene rings is 2. The van der Waals surface area contributed by atoms with Crippen molar-refractivity contribution in [3.8, 4) is 5.75 Å². The highest BCUT2D eigenvalue weighted by Crippen LogP contribution is 2.24. The van der Waals surface area contributed by atoms with Gasteiger partial charge >= 0.3 is 0 Å². The van der Waals surface area contributed by atoms with Crippen LogP contribution >= 0.6 is 0 Å². The molecule has 3 rings (SSSR count). The van der Waals surface area contributed by atoms with Gasteiger partial charge < -0.3 is 19.4 Å². The number of rotatable bonds is 4. The predicted molar refractivity (Wildman–Crippen MR) is 133 cm³/mol. The molecule has 1 aliphatic heterocycles. The number of nitrogens with zero attached hydrogens (tertiary/aromatic N) is 3. The van der Waals surface area contributed by atoms with Crippen LogP contribution in [0.4, 0.5) is 5.69 Å². The Hall–Kier alpha value is -3.02. The molecular weight excluding hydrogens is 414 g/mol. The van der Waals surface area contributed by atoms with E-state index in [4.69, 9.17) is 4.74 Å². The van der Waals surface area contributed by atoms with Crippen molar-refractivity contribution in [2.75, 3.05) is 45.7 Å².